The van der Waals surface area contributed by atoms with Crippen LogP contribution in [0.3, 0.4) is 0 Å². The summed E-state index contributed by atoms with van der Waals surface area (Å²) in [7, 11) is -4.57. The number of aliphatic carboxylic acids is 1. The molecule has 0 saturated carbocycles. The van der Waals surface area contributed by atoms with Crippen LogP contribution in [-0.2, 0) is 14.9 Å². The predicted octanol–water partition coefficient (Wildman–Crippen LogP) is 1.90. The first-order chi connectivity index (χ1) is 11.1. The fourth-order valence-corrected chi connectivity index (χ4v) is 3.34. The van der Waals surface area contributed by atoms with Gasteiger partial charge in [-0.05, 0) is 25.0 Å². The van der Waals surface area contributed by atoms with E-state index in [9.17, 15) is 27.7 Å². The van der Waals surface area contributed by atoms with Crippen LogP contribution in [0.1, 0.15) is 36.8 Å². The number of carboxylic acids is 1. The van der Waals surface area contributed by atoms with Crippen LogP contribution in [0, 0.1) is 6.92 Å². The number of hydrogen-bond acceptors (Lipinski definition) is 6. The maximum Gasteiger partial charge on any atom is 0.340 e. The van der Waals surface area contributed by atoms with Crippen LogP contribution in [0.15, 0.2) is 26.2 Å². The quantitative estimate of drug-likeness (QED) is 0.418. The fraction of sp³-hybridized carbons (Fsp3) is 0.333. The maximum absolute atomic E-state index is 12.2. The van der Waals surface area contributed by atoms with E-state index in [0.717, 1.165) is 12.1 Å². The maximum atomic E-state index is 12.2. The summed E-state index contributed by atoms with van der Waals surface area (Å²) in [5, 5.41) is 9.57. The lowest BCUT2D eigenvalue weighted by molar-refractivity contribution is -0.139. The molecule has 0 bridgehead atoms. The Balaban J connectivity index is 2.88. The van der Waals surface area contributed by atoms with Crippen molar-refractivity contribution in [3.8, 4) is 0 Å². The molecule has 0 radical (unpaired) electrons. The second kappa shape index (κ2) is 6.25. The molecule has 0 saturated heterocycles. The van der Waals surface area contributed by atoms with Gasteiger partial charge in [-0.15, -0.1) is 0 Å². The van der Waals surface area contributed by atoms with Gasteiger partial charge in [0.25, 0.3) is 10.1 Å². The van der Waals surface area contributed by atoms with Crippen molar-refractivity contribution in [2.45, 2.75) is 37.5 Å². The lowest BCUT2D eigenvalue weighted by Crippen LogP contribution is -2.21. The van der Waals surface area contributed by atoms with Gasteiger partial charge in [-0.2, -0.15) is 8.42 Å². The molecule has 8 nitrogen and oxygen atoms in total. The number of hydrogen-bond donors (Lipinski definition) is 3. The molecule has 0 aliphatic carbocycles. The largest absolute Gasteiger partial charge is 0.481 e. The highest BCUT2D eigenvalue weighted by Crippen LogP contribution is 2.31. The van der Waals surface area contributed by atoms with Crippen LogP contribution < -0.4 is 11.4 Å². The number of carbonyl (C=O) groups is 1. The van der Waals surface area contributed by atoms with E-state index < -0.39 is 32.5 Å². The van der Waals surface area contributed by atoms with Crippen molar-refractivity contribution < 1.29 is 27.3 Å². The molecule has 1 aromatic carbocycles. The average molecular weight is 355 g/mol. The van der Waals surface area contributed by atoms with E-state index in [1.807, 2.05) is 0 Å². The molecule has 4 N–H and O–H groups in total. The molecule has 1 heterocycles. The van der Waals surface area contributed by atoms with Gasteiger partial charge >= 0.3 is 11.6 Å². The van der Waals surface area contributed by atoms with Gasteiger partial charge in [-0.25, -0.2) is 4.79 Å². The van der Waals surface area contributed by atoms with Gasteiger partial charge in [0.15, 0.2) is 0 Å². The highest BCUT2D eigenvalue weighted by atomic mass is 32.2. The summed E-state index contributed by atoms with van der Waals surface area (Å²) < 4.78 is 37.1. The summed E-state index contributed by atoms with van der Waals surface area (Å²) >= 11 is 0. The topological polar surface area (TPSA) is 148 Å². The van der Waals surface area contributed by atoms with E-state index in [-0.39, 0.29) is 34.2 Å². The summed E-state index contributed by atoms with van der Waals surface area (Å²) in [6.45, 7) is 3.29. The molecule has 2 aromatic rings. The molecule has 0 amide bonds. The van der Waals surface area contributed by atoms with Crippen molar-refractivity contribution in [1.82, 2.24) is 0 Å². The Hall–Kier alpha value is -2.39. The first-order valence-electron chi connectivity index (χ1n) is 7.15. The monoisotopic (exact) mass is 355 g/mol. The van der Waals surface area contributed by atoms with E-state index >= 15 is 0 Å². The zero-order valence-electron chi connectivity index (χ0n) is 13.1. The Morgan fingerprint density at radius 1 is 1.38 bits per heavy atom. The van der Waals surface area contributed by atoms with Crippen molar-refractivity contribution in [2.75, 3.05) is 5.73 Å². The molecule has 0 spiro atoms. The SMILES string of the molecule is CCCC(C(=O)O)c1c(C)c2cc(S(=O)(=O)O)c(N)cc2oc1=O. The average Bonchev–Trinajstić information content (AvgIpc) is 2.44. The minimum Gasteiger partial charge on any atom is -0.481 e. The van der Waals surface area contributed by atoms with Gasteiger partial charge < -0.3 is 15.3 Å². The molecule has 9 heteroatoms. The minimum absolute atomic E-state index is 0.0202. The van der Waals surface area contributed by atoms with Crippen LogP contribution in [0.25, 0.3) is 11.0 Å². The van der Waals surface area contributed by atoms with Crippen LogP contribution >= 0.6 is 0 Å². The second-order valence-electron chi connectivity index (χ2n) is 5.47. The van der Waals surface area contributed by atoms with Crippen molar-refractivity contribution in [2.24, 2.45) is 0 Å². The molecule has 0 aliphatic rings. The number of carboxylic acid groups (broad SMARTS) is 1. The number of nitrogen functional groups attached to an aromatic ring is 1. The van der Waals surface area contributed by atoms with Crippen molar-refractivity contribution in [3.63, 3.8) is 0 Å². The molecule has 24 heavy (non-hydrogen) atoms. The van der Waals surface area contributed by atoms with Gasteiger partial charge in [0.05, 0.1) is 17.2 Å². The fourth-order valence-electron chi connectivity index (χ4n) is 2.71. The van der Waals surface area contributed by atoms with E-state index in [4.69, 9.17) is 10.2 Å². The minimum atomic E-state index is -4.57. The van der Waals surface area contributed by atoms with Crippen molar-refractivity contribution in [1.29, 1.82) is 0 Å². The normalized spacial score (nSPS) is 13.1. The molecule has 130 valence electrons. The Bertz CT molecular complexity index is 975. The first kappa shape index (κ1) is 18.0. The molecule has 1 aromatic heterocycles. The van der Waals surface area contributed by atoms with Gasteiger partial charge in [-0.3, -0.25) is 9.35 Å². The number of anilines is 1. The molecule has 2 rings (SSSR count). The lowest BCUT2D eigenvalue weighted by Gasteiger charge is -2.15. The Labute approximate surface area is 137 Å². The zero-order valence-corrected chi connectivity index (χ0v) is 13.9. The van der Waals surface area contributed by atoms with Crippen LogP contribution in [-0.4, -0.2) is 24.0 Å². The second-order valence-corrected chi connectivity index (χ2v) is 6.86. The van der Waals surface area contributed by atoms with Crippen molar-refractivity contribution in [3.05, 3.63) is 33.7 Å². The van der Waals surface area contributed by atoms with Crippen LogP contribution in [0.4, 0.5) is 5.69 Å². The summed E-state index contributed by atoms with van der Waals surface area (Å²) in [5.41, 5.74) is 4.76. The molecule has 0 fully saturated rings. The van der Waals surface area contributed by atoms with Gasteiger partial charge in [0.2, 0.25) is 0 Å². The number of benzene rings is 1. The Morgan fingerprint density at radius 2 is 2.00 bits per heavy atom. The smallest absolute Gasteiger partial charge is 0.340 e. The Kier molecular flexibility index (Phi) is 4.68. The predicted molar refractivity (Wildman–Crippen MR) is 86.7 cm³/mol. The highest BCUT2D eigenvalue weighted by molar-refractivity contribution is 7.86. The molecule has 0 aliphatic heterocycles. The van der Waals surface area contributed by atoms with Gasteiger partial charge in [0.1, 0.15) is 10.5 Å². The molecule has 1 atom stereocenters. The standard InChI is InChI=1S/C15H17NO7S/c1-3-4-8(14(17)18)13-7(2)9-5-12(24(20,21)22)10(16)6-11(9)23-15(13)19/h5-6,8H,3-4,16H2,1-2H3,(H,17,18)(H,20,21,22). The van der Waals surface area contributed by atoms with E-state index in [2.05, 4.69) is 0 Å². The highest BCUT2D eigenvalue weighted by Gasteiger charge is 2.27. The summed E-state index contributed by atoms with van der Waals surface area (Å²) in [6, 6.07) is 2.19. The summed E-state index contributed by atoms with van der Waals surface area (Å²) in [5.74, 6) is -2.24. The van der Waals surface area contributed by atoms with E-state index in [0.29, 0.717) is 6.42 Å². The number of fused-ring (bicyclic) bond motifs is 1. The third kappa shape index (κ3) is 3.13. The van der Waals surface area contributed by atoms with Crippen LogP contribution in [0.5, 0.6) is 0 Å². The molecule has 1 unspecified atom stereocenters. The van der Waals surface area contributed by atoms with E-state index in [1.54, 1.807) is 6.92 Å². The summed E-state index contributed by atoms with van der Waals surface area (Å²) in [6.07, 6.45) is 0.762. The number of nitrogens with two attached hydrogens (primary N) is 1. The Morgan fingerprint density at radius 3 is 2.50 bits per heavy atom. The summed E-state index contributed by atoms with van der Waals surface area (Å²) in [4.78, 5) is 23.2. The third-order valence-electron chi connectivity index (χ3n) is 3.84. The van der Waals surface area contributed by atoms with Crippen molar-refractivity contribution >= 4 is 32.7 Å². The van der Waals surface area contributed by atoms with Crippen LogP contribution in [0.2, 0.25) is 0 Å². The number of aryl methyl sites for hydroxylation is 1. The molecular weight excluding hydrogens is 338 g/mol. The van der Waals surface area contributed by atoms with E-state index in [1.165, 1.54) is 6.92 Å². The number of rotatable bonds is 5. The van der Waals surface area contributed by atoms with Gasteiger partial charge in [-0.1, -0.05) is 13.3 Å². The van der Waals surface area contributed by atoms with Gasteiger partial charge in [0, 0.05) is 11.5 Å². The zero-order chi connectivity index (χ0) is 18.2. The lowest BCUT2D eigenvalue weighted by atomic mass is 9.91. The first-order valence-corrected chi connectivity index (χ1v) is 8.59. The third-order valence-corrected chi connectivity index (χ3v) is 4.75. The molecular formula is C15H17NO7S.